The molecular weight excluding hydrogens is 591 g/mol. The van der Waals surface area contributed by atoms with Crippen molar-refractivity contribution in [1.29, 1.82) is 0 Å². The normalized spacial score (nSPS) is 18.9. The van der Waals surface area contributed by atoms with Gasteiger partial charge in [0.1, 0.15) is 17.7 Å². The van der Waals surface area contributed by atoms with Crippen LogP contribution in [-0.2, 0) is 41.9 Å². The number of benzene rings is 3. The summed E-state index contributed by atoms with van der Waals surface area (Å²) in [6, 6.07) is 7.31. The zero-order chi connectivity index (χ0) is 32.4. The molecule has 44 heavy (non-hydrogen) atoms. The predicted molar refractivity (Wildman–Crippen MR) is 150 cm³/mol. The Kier molecular flexibility index (Phi) is 7.91. The molecule has 1 fully saturated rings. The number of rotatable bonds is 5. The number of fused-ring (bicyclic) bond motifs is 1. The second-order valence-corrected chi connectivity index (χ2v) is 12.4. The van der Waals surface area contributed by atoms with Gasteiger partial charge in [-0.3, -0.25) is 4.90 Å². The Bertz CT molecular complexity index is 1570. The molecule has 0 spiro atoms. The molecule has 1 aliphatic heterocycles. The molecule has 5 rings (SSSR count). The summed E-state index contributed by atoms with van der Waals surface area (Å²) in [6.45, 7) is 7.11. The van der Waals surface area contributed by atoms with Crippen molar-refractivity contribution < 1.29 is 45.0 Å². The average Bonchev–Trinajstić information content (AvgIpc) is 3.49. The van der Waals surface area contributed by atoms with E-state index in [1.54, 1.807) is 6.07 Å². The summed E-state index contributed by atoms with van der Waals surface area (Å²) < 4.78 is 107. The van der Waals surface area contributed by atoms with Gasteiger partial charge in [-0.05, 0) is 89.2 Å². The van der Waals surface area contributed by atoms with Gasteiger partial charge in [-0.25, -0.2) is 9.18 Å². The van der Waals surface area contributed by atoms with Crippen LogP contribution in [0.3, 0.4) is 0 Å². The smallest absolute Gasteiger partial charge is 0.416 e. The van der Waals surface area contributed by atoms with Crippen LogP contribution in [0.4, 0.5) is 35.5 Å². The minimum atomic E-state index is -5.04. The molecule has 1 saturated heterocycles. The molecule has 0 unspecified atom stereocenters. The lowest BCUT2D eigenvalue weighted by Crippen LogP contribution is -2.31. The van der Waals surface area contributed by atoms with Crippen LogP contribution in [0.2, 0.25) is 0 Å². The van der Waals surface area contributed by atoms with Gasteiger partial charge in [0, 0.05) is 11.6 Å². The average molecular weight is 624 g/mol. The zero-order valence-electron chi connectivity index (χ0n) is 24.8. The number of carbonyl (C=O) groups excluding carboxylic acids is 1. The summed E-state index contributed by atoms with van der Waals surface area (Å²) in [5, 5.41) is 0. The number of alkyl halides is 6. The molecule has 1 amide bonds. The number of hydrogen-bond donors (Lipinski definition) is 0. The summed E-state index contributed by atoms with van der Waals surface area (Å²) in [5.74, 6) is -0.145. The third-order valence-corrected chi connectivity index (χ3v) is 8.38. The van der Waals surface area contributed by atoms with E-state index in [0.717, 1.165) is 30.4 Å². The van der Waals surface area contributed by atoms with Gasteiger partial charge < -0.3 is 9.47 Å². The van der Waals surface area contributed by atoms with E-state index in [4.69, 9.17) is 9.47 Å². The van der Waals surface area contributed by atoms with Gasteiger partial charge in [0.2, 0.25) is 0 Å². The number of hydrogen-bond acceptors (Lipinski definition) is 3. The SMILES string of the molecule is COc1cc(F)c(C(C)(C)C)cc1-c1cc2c(cc1CN1C(=O)O[C@H](c3cc(C(F)(F)F)cc(C(F)(F)F)c3)[C@@H]1C)CCC2. The van der Waals surface area contributed by atoms with E-state index >= 15 is 4.39 Å². The molecule has 1 aliphatic carbocycles. The molecule has 2 aliphatic rings. The van der Waals surface area contributed by atoms with Crippen LogP contribution in [0, 0.1) is 5.82 Å². The highest BCUT2D eigenvalue weighted by atomic mass is 19.4. The van der Waals surface area contributed by atoms with Crippen molar-refractivity contribution in [3.05, 3.63) is 87.2 Å². The molecule has 0 radical (unpaired) electrons. The fourth-order valence-corrected chi connectivity index (χ4v) is 6.05. The van der Waals surface area contributed by atoms with E-state index in [1.807, 2.05) is 32.9 Å². The molecule has 236 valence electrons. The number of cyclic esters (lactones) is 1. The first-order valence-electron chi connectivity index (χ1n) is 14.2. The highest BCUT2D eigenvalue weighted by Crippen LogP contribution is 2.44. The monoisotopic (exact) mass is 623 g/mol. The van der Waals surface area contributed by atoms with Gasteiger partial charge in [-0.15, -0.1) is 0 Å². The second-order valence-electron chi connectivity index (χ2n) is 12.4. The lowest BCUT2D eigenvalue weighted by atomic mass is 9.83. The van der Waals surface area contributed by atoms with Crippen LogP contribution < -0.4 is 4.74 Å². The zero-order valence-corrected chi connectivity index (χ0v) is 24.8. The summed E-state index contributed by atoms with van der Waals surface area (Å²) in [5.41, 5.74) is 0.687. The maximum atomic E-state index is 15.1. The van der Waals surface area contributed by atoms with E-state index < -0.39 is 58.5 Å². The van der Waals surface area contributed by atoms with E-state index in [-0.39, 0.29) is 18.4 Å². The minimum Gasteiger partial charge on any atom is -0.496 e. The van der Waals surface area contributed by atoms with Gasteiger partial charge in [0.25, 0.3) is 0 Å². The molecule has 3 aromatic rings. The highest BCUT2D eigenvalue weighted by molar-refractivity contribution is 5.77. The third kappa shape index (κ3) is 5.97. The fourth-order valence-electron chi connectivity index (χ4n) is 6.05. The van der Waals surface area contributed by atoms with Crippen molar-refractivity contribution in [2.24, 2.45) is 0 Å². The van der Waals surface area contributed by atoms with Crippen LogP contribution in [0.5, 0.6) is 5.75 Å². The molecule has 11 heteroatoms. The van der Waals surface area contributed by atoms with Gasteiger partial charge in [-0.2, -0.15) is 26.3 Å². The number of ether oxygens (including phenoxy) is 2. The minimum absolute atomic E-state index is 0.0431. The van der Waals surface area contributed by atoms with Crippen molar-refractivity contribution in [1.82, 2.24) is 4.90 Å². The molecule has 0 aromatic heterocycles. The Labute approximate surface area is 250 Å². The molecular formula is C33H32F7NO3. The Morgan fingerprint density at radius 3 is 2.00 bits per heavy atom. The Morgan fingerprint density at radius 1 is 0.864 bits per heavy atom. The molecule has 3 aromatic carbocycles. The molecule has 2 atom stereocenters. The third-order valence-electron chi connectivity index (χ3n) is 8.38. The quantitative estimate of drug-likeness (QED) is 0.266. The lowest BCUT2D eigenvalue weighted by molar-refractivity contribution is -0.143. The van der Waals surface area contributed by atoms with Crippen molar-refractivity contribution in [3.63, 3.8) is 0 Å². The lowest BCUT2D eigenvalue weighted by Gasteiger charge is -2.26. The van der Waals surface area contributed by atoms with Crippen LogP contribution in [0.1, 0.15) is 79.2 Å². The molecule has 1 heterocycles. The number of methoxy groups -OCH3 is 1. The van der Waals surface area contributed by atoms with Gasteiger partial charge in [-0.1, -0.05) is 32.9 Å². The second kappa shape index (κ2) is 11.0. The number of halogens is 7. The maximum absolute atomic E-state index is 15.1. The van der Waals surface area contributed by atoms with Gasteiger partial charge >= 0.3 is 18.4 Å². The van der Waals surface area contributed by atoms with Crippen molar-refractivity contribution in [2.75, 3.05) is 7.11 Å². The highest BCUT2D eigenvalue weighted by Gasteiger charge is 2.43. The standard InChI is InChI=1S/C33H32F7NO3/c1-17-29(20-10-22(32(35,36)37)13-23(11-20)33(38,39)40)44-30(42)41(17)16-21-9-18-7-6-8-19(18)12-24(21)25-14-26(31(2,3)4)27(34)15-28(25)43-5/h9-15,17,29H,6-8,16H2,1-5H3/t17-,29-/m0/s1. The van der Waals surface area contributed by atoms with Crippen LogP contribution >= 0.6 is 0 Å². The summed E-state index contributed by atoms with van der Waals surface area (Å²) in [4.78, 5) is 14.4. The number of carbonyl (C=O) groups is 1. The topological polar surface area (TPSA) is 38.8 Å². The van der Waals surface area contributed by atoms with Crippen molar-refractivity contribution in [3.8, 4) is 16.9 Å². The Morgan fingerprint density at radius 2 is 1.45 bits per heavy atom. The molecule has 4 nitrogen and oxygen atoms in total. The van der Waals surface area contributed by atoms with E-state index in [1.165, 1.54) is 25.0 Å². The number of nitrogens with zero attached hydrogens (tertiary/aromatic N) is 1. The summed E-state index contributed by atoms with van der Waals surface area (Å²) in [6.07, 6.45) is -9.77. The first-order valence-corrected chi connectivity index (χ1v) is 14.2. The Balaban J connectivity index is 1.58. The largest absolute Gasteiger partial charge is 0.496 e. The van der Waals surface area contributed by atoms with Crippen LogP contribution in [0.25, 0.3) is 11.1 Å². The van der Waals surface area contributed by atoms with Crippen molar-refractivity contribution >= 4 is 6.09 Å². The summed E-state index contributed by atoms with van der Waals surface area (Å²) in [7, 11) is 1.43. The molecule has 0 N–H and O–H groups in total. The maximum Gasteiger partial charge on any atom is 0.416 e. The van der Waals surface area contributed by atoms with E-state index in [0.29, 0.717) is 34.4 Å². The first-order chi connectivity index (χ1) is 20.4. The fraction of sp³-hybridized carbons (Fsp3) is 0.424. The summed E-state index contributed by atoms with van der Waals surface area (Å²) >= 11 is 0. The first kappa shape index (κ1) is 31.7. The Hall–Kier alpha value is -3.76. The molecule has 0 bridgehead atoms. The predicted octanol–water partition coefficient (Wildman–Crippen LogP) is 9.41. The van der Waals surface area contributed by atoms with Gasteiger partial charge in [0.15, 0.2) is 0 Å². The van der Waals surface area contributed by atoms with Gasteiger partial charge in [0.05, 0.1) is 30.8 Å². The van der Waals surface area contributed by atoms with Crippen LogP contribution in [-0.4, -0.2) is 24.1 Å². The van der Waals surface area contributed by atoms with Crippen LogP contribution in [0.15, 0.2) is 42.5 Å². The molecule has 0 saturated carbocycles. The van der Waals surface area contributed by atoms with Crippen molar-refractivity contribution in [2.45, 2.75) is 83.4 Å². The van der Waals surface area contributed by atoms with E-state index in [2.05, 4.69) is 0 Å². The number of amides is 1. The number of aryl methyl sites for hydroxylation is 2. The van der Waals surface area contributed by atoms with E-state index in [9.17, 15) is 31.1 Å².